The summed E-state index contributed by atoms with van der Waals surface area (Å²) in [6, 6.07) is 16.3. The predicted molar refractivity (Wildman–Crippen MR) is 92.4 cm³/mol. The van der Waals surface area contributed by atoms with Gasteiger partial charge in [-0.2, -0.15) is 0 Å². The second-order valence-corrected chi connectivity index (χ2v) is 5.54. The molecule has 126 valence electrons. The van der Waals surface area contributed by atoms with Crippen molar-refractivity contribution in [3.8, 4) is 0 Å². The monoisotopic (exact) mass is 326 g/mol. The van der Waals surface area contributed by atoms with Crippen molar-refractivity contribution in [2.75, 3.05) is 7.11 Å². The Balaban J connectivity index is 1.78. The summed E-state index contributed by atoms with van der Waals surface area (Å²) in [5.74, 6) is -0.559. The zero-order chi connectivity index (χ0) is 17.4. The van der Waals surface area contributed by atoms with Gasteiger partial charge >= 0.3 is 5.97 Å². The van der Waals surface area contributed by atoms with Crippen LogP contribution in [-0.4, -0.2) is 25.0 Å². The maximum atomic E-state index is 12.0. The number of nitrogens with one attached hydrogen (secondary N) is 1. The number of rotatable bonds is 7. The van der Waals surface area contributed by atoms with Gasteiger partial charge in [0.25, 0.3) is 0 Å². The molecule has 5 heteroatoms. The number of hydrogen-bond acceptors (Lipinski definition) is 4. The molecule has 1 atom stereocenters. The molecular formula is C19H22N2O3. The molecule has 5 nitrogen and oxygen atoms in total. The van der Waals surface area contributed by atoms with E-state index in [-0.39, 0.29) is 11.9 Å². The third-order valence-electron chi connectivity index (χ3n) is 3.77. The lowest BCUT2D eigenvalue weighted by molar-refractivity contribution is -0.122. The second-order valence-electron chi connectivity index (χ2n) is 5.54. The third-order valence-corrected chi connectivity index (χ3v) is 3.77. The van der Waals surface area contributed by atoms with Crippen molar-refractivity contribution in [1.29, 1.82) is 0 Å². The van der Waals surface area contributed by atoms with Gasteiger partial charge in [-0.1, -0.05) is 42.5 Å². The first-order chi connectivity index (χ1) is 11.6. The Morgan fingerprint density at radius 1 is 1.04 bits per heavy atom. The molecule has 0 bridgehead atoms. The predicted octanol–water partition coefficient (Wildman–Crippen LogP) is 2.05. The van der Waals surface area contributed by atoms with Gasteiger partial charge in [-0.25, -0.2) is 4.79 Å². The molecule has 0 aliphatic rings. The Morgan fingerprint density at radius 2 is 1.71 bits per heavy atom. The first-order valence-electron chi connectivity index (χ1n) is 7.84. The van der Waals surface area contributed by atoms with Crippen LogP contribution in [0.15, 0.2) is 54.6 Å². The number of methoxy groups -OCH3 is 1. The maximum Gasteiger partial charge on any atom is 0.337 e. The minimum Gasteiger partial charge on any atom is -0.465 e. The largest absolute Gasteiger partial charge is 0.465 e. The number of carbonyl (C=O) groups excluding carboxylic acids is 2. The molecule has 0 saturated heterocycles. The van der Waals surface area contributed by atoms with Gasteiger partial charge in [-0.15, -0.1) is 0 Å². The van der Waals surface area contributed by atoms with Crippen LogP contribution in [0.1, 0.15) is 27.9 Å². The third kappa shape index (κ3) is 5.21. The highest BCUT2D eigenvalue weighted by Crippen LogP contribution is 2.07. The summed E-state index contributed by atoms with van der Waals surface area (Å²) >= 11 is 0. The van der Waals surface area contributed by atoms with Gasteiger partial charge in [0.15, 0.2) is 0 Å². The summed E-state index contributed by atoms with van der Waals surface area (Å²) in [6.07, 6.45) is 1.36. The van der Waals surface area contributed by atoms with Crippen molar-refractivity contribution in [3.05, 3.63) is 71.3 Å². The smallest absolute Gasteiger partial charge is 0.337 e. The van der Waals surface area contributed by atoms with E-state index in [1.807, 2.05) is 30.3 Å². The van der Waals surface area contributed by atoms with Gasteiger partial charge in [-0.3, -0.25) is 4.79 Å². The highest BCUT2D eigenvalue weighted by Gasteiger charge is 2.13. The first kappa shape index (κ1) is 17.7. The molecule has 2 aromatic carbocycles. The van der Waals surface area contributed by atoms with Crippen molar-refractivity contribution in [2.24, 2.45) is 5.73 Å². The lowest BCUT2D eigenvalue weighted by Gasteiger charge is -2.12. The van der Waals surface area contributed by atoms with E-state index in [4.69, 9.17) is 5.73 Å². The summed E-state index contributed by atoms with van der Waals surface area (Å²) < 4.78 is 4.64. The van der Waals surface area contributed by atoms with Crippen LogP contribution in [-0.2, 0) is 22.5 Å². The molecule has 3 N–H and O–H groups in total. The van der Waals surface area contributed by atoms with E-state index in [1.54, 1.807) is 24.3 Å². The standard InChI is InChI=1S/C19H22N2O3/c1-24-19(23)16-10-7-15(8-11-16)13-21-18(22)17(20)12-9-14-5-3-2-4-6-14/h2-8,10-11,17H,9,12-13,20H2,1H3,(H,21,22)/t17-/m0/s1. The molecule has 0 saturated carbocycles. The van der Waals surface area contributed by atoms with E-state index in [2.05, 4.69) is 10.1 Å². The van der Waals surface area contributed by atoms with Crippen LogP contribution in [0.2, 0.25) is 0 Å². The van der Waals surface area contributed by atoms with Crippen LogP contribution < -0.4 is 11.1 Å². The number of benzene rings is 2. The normalized spacial score (nSPS) is 11.6. The molecule has 0 aliphatic carbocycles. The Morgan fingerprint density at radius 3 is 2.33 bits per heavy atom. The molecule has 0 aromatic heterocycles. The van der Waals surface area contributed by atoms with E-state index < -0.39 is 6.04 Å². The SMILES string of the molecule is COC(=O)c1ccc(CNC(=O)[C@@H](N)CCc2ccccc2)cc1. The summed E-state index contributed by atoms with van der Waals surface area (Å²) in [6.45, 7) is 0.374. The number of aryl methyl sites for hydroxylation is 1. The highest BCUT2D eigenvalue weighted by atomic mass is 16.5. The Labute approximate surface area is 141 Å². The molecule has 2 aromatic rings. The van der Waals surface area contributed by atoms with Gasteiger partial charge in [0.05, 0.1) is 18.7 Å². The number of nitrogens with two attached hydrogens (primary N) is 1. The lowest BCUT2D eigenvalue weighted by atomic mass is 10.1. The summed E-state index contributed by atoms with van der Waals surface area (Å²) in [4.78, 5) is 23.4. The molecule has 0 radical (unpaired) electrons. The second kappa shape index (κ2) is 8.84. The van der Waals surface area contributed by atoms with Crippen LogP contribution in [0.4, 0.5) is 0 Å². The minimum absolute atomic E-state index is 0.178. The molecular weight excluding hydrogens is 304 g/mol. The maximum absolute atomic E-state index is 12.0. The van der Waals surface area contributed by atoms with Crippen molar-refractivity contribution < 1.29 is 14.3 Å². The quantitative estimate of drug-likeness (QED) is 0.763. The van der Waals surface area contributed by atoms with Crippen LogP contribution in [0.5, 0.6) is 0 Å². The Hall–Kier alpha value is -2.66. The molecule has 0 spiro atoms. The zero-order valence-electron chi connectivity index (χ0n) is 13.7. The average molecular weight is 326 g/mol. The first-order valence-corrected chi connectivity index (χ1v) is 7.84. The topological polar surface area (TPSA) is 81.4 Å². The number of esters is 1. The zero-order valence-corrected chi connectivity index (χ0v) is 13.7. The molecule has 2 rings (SSSR count). The van der Waals surface area contributed by atoms with Gasteiger partial charge in [0.2, 0.25) is 5.91 Å². The summed E-state index contributed by atoms with van der Waals surface area (Å²) in [5.41, 5.74) is 8.48. The molecule has 0 aliphatic heterocycles. The van der Waals surface area contributed by atoms with Gasteiger partial charge in [0, 0.05) is 6.54 Å². The summed E-state index contributed by atoms with van der Waals surface area (Å²) in [7, 11) is 1.34. The van der Waals surface area contributed by atoms with E-state index in [9.17, 15) is 9.59 Å². The molecule has 0 unspecified atom stereocenters. The molecule has 0 fully saturated rings. The minimum atomic E-state index is -0.542. The van der Waals surface area contributed by atoms with Crippen molar-refractivity contribution in [3.63, 3.8) is 0 Å². The van der Waals surface area contributed by atoms with E-state index in [0.717, 1.165) is 12.0 Å². The average Bonchev–Trinajstić information content (AvgIpc) is 2.64. The van der Waals surface area contributed by atoms with Crippen molar-refractivity contribution >= 4 is 11.9 Å². The van der Waals surface area contributed by atoms with Gasteiger partial charge in [-0.05, 0) is 36.1 Å². The van der Waals surface area contributed by atoms with E-state index in [0.29, 0.717) is 18.5 Å². The number of ether oxygens (including phenoxy) is 1. The molecule has 24 heavy (non-hydrogen) atoms. The molecule has 1 amide bonds. The van der Waals surface area contributed by atoms with Crippen LogP contribution in [0.25, 0.3) is 0 Å². The Kier molecular flexibility index (Phi) is 6.51. The number of amides is 1. The fourth-order valence-corrected chi connectivity index (χ4v) is 2.29. The number of hydrogen-bond donors (Lipinski definition) is 2. The Bertz CT molecular complexity index is 669. The highest BCUT2D eigenvalue weighted by molar-refractivity contribution is 5.89. The van der Waals surface area contributed by atoms with Crippen molar-refractivity contribution in [2.45, 2.75) is 25.4 Å². The van der Waals surface area contributed by atoms with E-state index in [1.165, 1.54) is 12.7 Å². The fraction of sp³-hybridized carbons (Fsp3) is 0.263. The van der Waals surface area contributed by atoms with Crippen LogP contribution >= 0.6 is 0 Å². The van der Waals surface area contributed by atoms with Crippen LogP contribution in [0, 0.1) is 0 Å². The molecule has 0 heterocycles. The van der Waals surface area contributed by atoms with Gasteiger partial charge in [0.1, 0.15) is 0 Å². The van der Waals surface area contributed by atoms with Gasteiger partial charge < -0.3 is 15.8 Å². The number of carbonyl (C=O) groups is 2. The lowest BCUT2D eigenvalue weighted by Crippen LogP contribution is -2.40. The fourth-order valence-electron chi connectivity index (χ4n) is 2.29. The van der Waals surface area contributed by atoms with Crippen molar-refractivity contribution in [1.82, 2.24) is 5.32 Å². The summed E-state index contributed by atoms with van der Waals surface area (Å²) in [5, 5.41) is 2.82. The van der Waals surface area contributed by atoms with E-state index >= 15 is 0 Å². The van der Waals surface area contributed by atoms with Crippen LogP contribution in [0.3, 0.4) is 0 Å².